The summed E-state index contributed by atoms with van der Waals surface area (Å²) in [4.78, 5) is 26.0. The molecule has 0 aliphatic carbocycles. The molecule has 1 unspecified atom stereocenters. The smallest absolute Gasteiger partial charge is 0.412 e. The lowest BCUT2D eigenvalue weighted by molar-refractivity contribution is -0.679. The van der Waals surface area contributed by atoms with Crippen LogP contribution in [0.2, 0.25) is 0 Å². The number of nitrogens with zero attached hydrogens (tertiary/aromatic N) is 1. The summed E-state index contributed by atoms with van der Waals surface area (Å²) < 4.78 is 13.4. The minimum Gasteiger partial charge on any atom is -0.465 e. The van der Waals surface area contributed by atoms with Gasteiger partial charge in [0.15, 0.2) is 0 Å². The SMILES string of the molecule is CCCCCCCCCCCCCCCCCCNC(=O)Oc1cccc2c1c(C)c(C(=O)OC)c(C1CCS1)[n+]2CCCC. The standard InChI is InChI=1S/C38H60N2O4S/c1-5-7-9-10-11-12-13-14-15-16-17-18-19-20-21-22-27-39-38(42)44-32-25-23-24-31-34(32)30(3)35(37(41)43-4)36(33-26-29-45-33)40(31)28-8-6-2/h23-25,33H,5-22,26-29H2,1-4H3/p+1. The van der Waals surface area contributed by atoms with Gasteiger partial charge in [0.05, 0.1) is 17.7 Å². The Balaban J connectivity index is 1.43. The molecular formula is C38H61N2O4S+. The lowest BCUT2D eigenvalue weighted by atomic mass is 9.97. The van der Waals surface area contributed by atoms with Crippen LogP contribution in [-0.4, -0.2) is 31.5 Å². The summed E-state index contributed by atoms with van der Waals surface area (Å²) in [6, 6.07) is 5.84. The van der Waals surface area contributed by atoms with Crippen molar-refractivity contribution in [2.24, 2.45) is 0 Å². The maximum Gasteiger partial charge on any atom is 0.412 e. The van der Waals surface area contributed by atoms with Gasteiger partial charge < -0.3 is 14.8 Å². The third kappa shape index (κ3) is 11.8. The van der Waals surface area contributed by atoms with Crippen LogP contribution in [0.25, 0.3) is 10.9 Å². The van der Waals surface area contributed by atoms with Gasteiger partial charge >= 0.3 is 12.1 Å². The van der Waals surface area contributed by atoms with Crippen LogP contribution in [0.1, 0.15) is 163 Å². The minimum absolute atomic E-state index is 0.270. The Bertz CT molecular complexity index is 1180. The Kier molecular flexibility index (Phi) is 17.8. The normalized spacial score (nSPS) is 14.4. The first kappa shape index (κ1) is 37.2. The number of thioether (sulfide) groups is 1. The molecule has 0 radical (unpaired) electrons. The van der Waals surface area contributed by atoms with E-state index in [9.17, 15) is 9.59 Å². The Morgan fingerprint density at radius 2 is 1.40 bits per heavy atom. The van der Waals surface area contributed by atoms with Gasteiger partial charge in [0.25, 0.3) is 0 Å². The Labute approximate surface area is 277 Å². The Morgan fingerprint density at radius 1 is 0.844 bits per heavy atom. The van der Waals surface area contributed by atoms with E-state index >= 15 is 0 Å². The third-order valence-corrected chi connectivity index (χ3v) is 10.6. The molecule has 1 atom stereocenters. The zero-order valence-electron chi connectivity index (χ0n) is 28.9. The summed E-state index contributed by atoms with van der Waals surface area (Å²) in [5.41, 5.74) is 3.47. The zero-order valence-corrected chi connectivity index (χ0v) is 29.7. The van der Waals surface area contributed by atoms with Gasteiger partial charge in [0.2, 0.25) is 11.2 Å². The zero-order chi connectivity index (χ0) is 32.3. The molecule has 0 bridgehead atoms. The number of rotatable bonds is 23. The number of methoxy groups -OCH3 is 1. The first-order valence-electron chi connectivity index (χ1n) is 18.2. The molecule has 1 N–H and O–H groups in total. The predicted octanol–water partition coefficient (Wildman–Crippen LogP) is 10.6. The number of benzene rings is 1. The van der Waals surface area contributed by atoms with Crippen LogP contribution in [0.3, 0.4) is 0 Å². The van der Waals surface area contributed by atoms with E-state index in [1.807, 2.05) is 30.8 Å². The molecule has 2 heterocycles. The lowest BCUT2D eigenvalue weighted by Crippen LogP contribution is -2.44. The van der Waals surface area contributed by atoms with Gasteiger partial charge in [-0.05, 0) is 37.1 Å². The molecule has 1 aliphatic heterocycles. The van der Waals surface area contributed by atoms with Crippen molar-refractivity contribution in [3.63, 3.8) is 0 Å². The molecule has 1 amide bonds. The fraction of sp³-hybridized carbons (Fsp3) is 0.711. The molecule has 2 aromatic rings. The molecule has 3 rings (SSSR count). The van der Waals surface area contributed by atoms with E-state index in [-0.39, 0.29) is 11.2 Å². The number of esters is 1. The van der Waals surface area contributed by atoms with Gasteiger partial charge in [0.1, 0.15) is 17.9 Å². The number of ether oxygens (including phenoxy) is 2. The third-order valence-electron chi connectivity index (χ3n) is 9.22. The summed E-state index contributed by atoms with van der Waals surface area (Å²) in [6.07, 6.45) is 23.9. The fourth-order valence-corrected chi connectivity index (χ4v) is 7.37. The number of aromatic nitrogens is 1. The molecule has 1 fully saturated rings. The molecule has 0 spiro atoms. The molecule has 1 aliphatic rings. The summed E-state index contributed by atoms with van der Waals surface area (Å²) in [5, 5.41) is 4.02. The first-order valence-corrected chi connectivity index (χ1v) is 19.2. The van der Waals surface area contributed by atoms with Crippen LogP contribution in [0.5, 0.6) is 5.75 Å². The van der Waals surface area contributed by atoms with E-state index < -0.39 is 6.09 Å². The quantitative estimate of drug-likeness (QED) is 0.0743. The maximum atomic E-state index is 13.1. The first-order chi connectivity index (χ1) is 22.0. The van der Waals surface area contributed by atoms with Crippen LogP contribution in [0.15, 0.2) is 18.2 Å². The Morgan fingerprint density at radius 3 is 1.91 bits per heavy atom. The summed E-state index contributed by atoms with van der Waals surface area (Å²) >= 11 is 1.88. The molecule has 0 saturated carbocycles. The van der Waals surface area contributed by atoms with Crippen molar-refractivity contribution in [1.82, 2.24) is 5.32 Å². The van der Waals surface area contributed by atoms with Crippen LogP contribution in [0.4, 0.5) is 4.79 Å². The van der Waals surface area contributed by atoms with Crippen LogP contribution in [0, 0.1) is 6.92 Å². The highest BCUT2D eigenvalue weighted by Crippen LogP contribution is 2.44. The molecule has 1 aromatic carbocycles. The second-order valence-electron chi connectivity index (χ2n) is 12.8. The minimum atomic E-state index is -0.443. The number of fused-ring (bicyclic) bond motifs is 1. The topological polar surface area (TPSA) is 68.5 Å². The van der Waals surface area contributed by atoms with E-state index in [1.165, 1.54) is 97.0 Å². The second-order valence-corrected chi connectivity index (χ2v) is 14.1. The summed E-state index contributed by atoms with van der Waals surface area (Å²) in [6.45, 7) is 7.81. The van der Waals surface area contributed by atoms with Crippen molar-refractivity contribution in [1.29, 1.82) is 0 Å². The van der Waals surface area contributed by atoms with E-state index in [1.54, 1.807) is 0 Å². The van der Waals surface area contributed by atoms with E-state index in [0.717, 1.165) is 66.6 Å². The number of hydrogen-bond acceptors (Lipinski definition) is 5. The van der Waals surface area contributed by atoms with Crippen molar-refractivity contribution >= 4 is 34.7 Å². The van der Waals surface area contributed by atoms with E-state index in [0.29, 0.717) is 17.9 Å². The van der Waals surface area contributed by atoms with Crippen molar-refractivity contribution in [3.8, 4) is 5.75 Å². The van der Waals surface area contributed by atoms with Gasteiger partial charge in [-0.2, -0.15) is 4.57 Å². The number of carbonyl (C=O) groups excluding carboxylic acids is 2. The van der Waals surface area contributed by atoms with Gasteiger partial charge in [-0.1, -0.05) is 123 Å². The molecule has 1 aromatic heterocycles. The maximum absolute atomic E-state index is 13.1. The predicted molar refractivity (Wildman–Crippen MR) is 189 cm³/mol. The highest BCUT2D eigenvalue weighted by Gasteiger charge is 2.38. The molecular weight excluding hydrogens is 580 g/mol. The van der Waals surface area contributed by atoms with E-state index in [4.69, 9.17) is 9.47 Å². The van der Waals surface area contributed by atoms with Crippen LogP contribution >= 0.6 is 11.8 Å². The number of carbonyl (C=O) groups is 2. The summed E-state index contributed by atoms with van der Waals surface area (Å²) in [5.74, 6) is 1.25. The lowest BCUT2D eigenvalue weighted by Gasteiger charge is -2.26. The highest BCUT2D eigenvalue weighted by atomic mass is 32.2. The monoisotopic (exact) mass is 641 g/mol. The largest absolute Gasteiger partial charge is 0.465 e. The van der Waals surface area contributed by atoms with Crippen molar-refractivity contribution in [3.05, 3.63) is 35.0 Å². The van der Waals surface area contributed by atoms with Crippen molar-refractivity contribution in [2.45, 2.75) is 155 Å². The average molecular weight is 642 g/mol. The van der Waals surface area contributed by atoms with Crippen LogP contribution in [-0.2, 0) is 11.3 Å². The van der Waals surface area contributed by atoms with Gasteiger partial charge in [0, 0.05) is 19.0 Å². The second kappa shape index (κ2) is 21.5. The van der Waals surface area contributed by atoms with Crippen molar-refractivity contribution < 1.29 is 23.6 Å². The van der Waals surface area contributed by atoms with Gasteiger partial charge in [-0.3, -0.25) is 0 Å². The molecule has 7 heteroatoms. The van der Waals surface area contributed by atoms with Gasteiger partial charge in [-0.25, -0.2) is 9.59 Å². The number of aryl methyl sites for hydroxylation is 2. The molecule has 6 nitrogen and oxygen atoms in total. The van der Waals surface area contributed by atoms with Crippen molar-refractivity contribution in [2.75, 3.05) is 19.4 Å². The number of pyridine rings is 1. The molecule has 45 heavy (non-hydrogen) atoms. The Hall–Kier alpha value is -2.28. The number of amides is 1. The van der Waals surface area contributed by atoms with Crippen LogP contribution < -0.4 is 14.6 Å². The highest BCUT2D eigenvalue weighted by molar-refractivity contribution is 8.00. The number of hydrogen-bond donors (Lipinski definition) is 1. The number of nitrogens with one attached hydrogen (secondary N) is 1. The number of unbranched alkanes of at least 4 members (excludes halogenated alkanes) is 16. The molecule has 252 valence electrons. The fourth-order valence-electron chi connectivity index (χ4n) is 6.49. The summed E-state index contributed by atoms with van der Waals surface area (Å²) in [7, 11) is 1.44. The molecule has 1 saturated heterocycles. The van der Waals surface area contributed by atoms with Gasteiger partial charge in [-0.15, -0.1) is 11.8 Å². The van der Waals surface area contributed by atoms with E-state index in [2.05, 4.69) is 29.8 Å². The average Bonchev–Trinajstić information content (AvgIpc) is 3.01.